The Morgan fingerprint density at radius 2 is 2.44 bits per heavy atom. The fourth-order valence-corrected chi connectivity index (χ4v) is 2.52. The summed E-state index contributed by atoms with van der Waals surface area (Å²) in [6.07, 6.45) is 2.80. The summed E-state index contributed by atoms with van der Waals surface area (Å²) in [5.41, 5.74) is 0.270. The quantitative estimate of drug-likeness (QED) is 0.868. The molecule has 1 saturated heterocycles. The van der Waals surface area contributed by atoms with Gasteiger partial charge in [0.1, 0.15) is 11.4 Å². The van der Waals surface area contributed by atoms with Crippen molar-refractivity contribution in [3.05, 3.63) is 23.9 Å². The van der Waals surface area contributed by atoms with Crippen LogP contribution in [0.15, 0.2) is 18.3 Å². The number of carboxylic acid groups (broad SMARTS) is 1. The highest BCUT2D eigenvalue weighted by Gasteiger charge is 2.23. The summed E-state index contributed by atoms with van der Waals surface area (Å²) >= 11 is 0. The lowest BCUT2D eigenvalue weighted by atomic mass is 10.1. The van der Waals surface area contributed by atoms with Crippen LogP contribution in [0.25, 0.3) is 0 Å². The summed E-state index contributed by atoms with van der Waals surface area (Å²) in [6.45, 7) is 3.04. The average Bonchev–Trinajstić information content (AvgIpc) is 2.74. The highest BCUT2D eigenvalue weighted by atomic mass is 16.4. The van der Waals surface area contributed by atoms with Gasteiger partial charge in [-0.2, -0.15) is 0 Å². The molecule has 0 aromatic carbocycles. The van der Waals surface area contributed by atoms with E-state index < -0.39 is 5.97 Å². The lowest BCUT2D eigenvalue weighted by molar-refractivity contribution is 0.0697. The Morgan fingerprint density at radius 3 is 3.06 bits per heavy atom. The van der Waals surface area contributed by atoms with Gasteiger partial charge in [0.25, 0.3) is 0 Å². The van der Waals surface area contributed by atoms with Crippen molar-refractivity contribution in [1.82, 2.24) is 9.88 Å². The predicted octanol–water partition coefficient (Wildman–Crippen LogP) is 1.17. The third-order valence-corrected chi connectivity index (χ3v) is 3.40. The highest BCUT2D eigenvalue weighted by molar-refractivity contribution is 5.93. The van der Waals surface area contributed by atoms with E-state index in [0.29, 0.717) is 11.7 Å². The van der Waals surface area contributed by atoms with Gasteiger partial charge in [-0.15, -0.1) is 0 Å². The Bertz CT molecular complexity index is 436. The Morgan fingerprint density at radius 1 is 1.67 bits per heavy atom. The monoisotopic (exact) mass is 249 g/mol. The van der Waals surface area contributed by atoms with Crippen molar-refractivity contribution < 1.29 is 9.90 Å². The van der Waals surface area contributed by atoms with E-state index in [4.69, 9.17) is 5.11 Å². The van der Waals surface area contributed by atoms with Gasteiger partial charge in [-0.05, 0) is 38.1 Å². The molecule has 2 rings (SSSR count). The molecule has 1 unspecified atom stereocenters. The number of nitrogens with zero attached hydrogens (tertiary/aromatic N) is 3. The molecule has 1 fully saturated rings. The Balaban J connectivity index is 2.09. The van der Waals surface area contributed by atoms with E-state index in [0.717, 1.165) is 26.1 Å². The zero-order valence-electron chi connectivity index (χ0n) is 10.8. The number of hydrogen-bond acceptors (Lipinski definition) is 4. The fourth-order valence-electron chi connectivity index (χ4n) is 2.52. The van der Waals surface area contributed by atoms with Gasteiger partial charge in [-0.3, -0.25) is 0 Å². The van der Waals surface area contributed by atoms with Crippen molar-refractivity contribution in [2.75, 3.05) is 38.6 Å². The molecular weight excluding hydrogens is 230 g/mol. The van der Waals surface area contributed by atoms with E-state index in [1.54, 1.807) is 18.3 Å². The molecule has 0 amide bonds. The van der Waals surface area contributed by atoms with Gasteiger partial charge in [-0.1, -0.05) is 0 Å². The van der Waals surface area contributed by atoms with E-state index in [9.17, 15) is 4.79 Å². The number of carbonyl (C=O) groups is 1. The molecule has 0 bridgehead atoms. The zero-order valence-corrected chi connectivity index (χ0v) is 10.8. The molecule has 0 spiro atoms. The van der Waals surface area contributed by atoms with Gasteiger partial charge < -0.3 is 14.9 Å². The first-order valence-corrected chi connectivity index (χ1v) is 6.16. The molecular formula is C13H19N3O2. The molecule has 5 heteroatoms. The van der Waals surface area contributed by atoms with Crippen LogP contribution >= 0.6 is 0 Å². The molecule has 0 radical (unpaired) electrons. The summed E-state index contributed by atoms with van der Waals surface area (Å²) in [7, 11) is 4.02. The van der Waals surface area contributed by atoms with Gasteiger partial charge >= 0.3 is 5.97 Å². The number of anilines is 1. The normalized spacial score (nSPS) is 20.0. The van der Waals surface area contributed by atoms with Crippen LogP contribution in [0.5, 0.6) is 0 Å². The standard InChI is InChI=1S/C13H19N3O2/c1-15-7-5-10(8-15)9-16(2)12-11(13(17)18)4-3-6-14-12/h3-4,6,10H,5,7-9H2,1-2H3,(H,17,18). The van der Waals surface area contributed by atoms with E-state index in [2.05, 4.69) is 16.9 Å². The maximum absolute atomic E-state index is 11.1. The minimum absolute atomic E-state index is 0.270. The molecule has 2 heterocycles. The smallest absolute Gasteiger partial charge is 0.339 e. The minimum atomic E-state index is -0.923. The van der Waals surface area contributed by atoms with Gasteiger partial charge in [0, 0.05) is 26.3 Å². The summed E-state index contributed by atoms with van der Waals surface area (Å²) in [5, 5.41) is 9.14. The Labute approximate surface area is 107 Å². The number of carboxylic acids is 1. The first-order valence-electron chi connectivity index (χ1n) is 6.16. The topological polar surface area (TPSA) is 56.7 Å². The molecule has 98 valence electrons. The molecule has 1 aromatic rings. The lowest BCUT2D eigenvalue weighted by Crippen LogP contribution is -2.29. The summed E-state index contributed by atoms with van der Waals surface area (Å²) in [6, 6.07) is 3.26. The second-order valence-corrected chi connectivity index (χ2v) is 4.98. The Kier molecular flexibility index (Phi) is 3.81. The van der Waals surface area contributed by atoms with Crippen LogP contribution < -0.4 is 4.90 Å². The molecule has 1 aliphatic rings. The van der Waals surface area contributed by atoms with Gasteiger partial charge in [0.05, 0.1) is 0 Å². The third kappa shape index (κ3) is 2.79. The Hall–Kier alpha value is -1.62. The van der Waals surface area contributed by atoms with Crippen LogP contribution in [0.2, 0.25) is 0 Å². The second kappa shape index (κ2) is 5.35. The molecule has 5 nitrogen and oxygen atoms in total. The van der Waals surface area contributed by atoms with Crippen LogP contribution in [-0.2, 0) is 0 Å². The van der Waals surface area contributed by atoms with Gasteiger partial charge in [0.15, 0.2) is 0 Å². The van der Waals surface area contributed by atoms with E-state index in [-0.39, 0.29) is 5.56 Å². The van der Waals surface area contributed by atoms with Crippen molar-refractivity contribution in [2.45, 2.75) is 6.42 Å². The first-order chi connectivity index (χ1) is 8.58. The van der Waals surface area contributed by atoms with Crippen molar-refractivity contribution >= 4 is 11.8 Å². The van der Waals surface area contributed by atoms with E-state index >= 15 is 0 Å². The van der Waals surface area contributed by atoms with Crippen molar-refractivity contribution in [1.29, 1.82) is 0 Å². The molecule has 1 atom stereocenters. The predicted molar refractivity (Wildman–Crippen MR) is 70.1 cm³/mol. The average molecular weight is 249 g/mol. The van der Waals surface area contributed by atoms with Crippen molar-refractivity contribution in [2.24, 2.45) is 5.92 Å². The van der Waals surface area contributed by atoms with Crippen LogP contribution in [0.3, 0.4) is 0 Å². The number of aromatic nitrogens is 1. The first kappa shape index (κ1) is 12.8. The van der Waals surface area contributed by atoms with Crippen LogP contribution in [0, 0.1) is 5.92 Å². The largest absolute Gasteiger partial charge is 0.478 e. The van der Waals surface area contributed by atoms with E-state index in [1.165, 1.54) is 0 Å². The van der Waals surface area contributed by atoms with Crippen molar-refractivity contribution in [3.63, 3.8) is 0 Å². The molecule has 0 aliphatic carbocycles. The van der Waals surface area contributed by atoms with E-state index in [1.807, 2.05) is 11.9 Å². The summed E-state index contributed by atoms with van der Waals surface area (Å²) in [4.78, 5) is 19.6. The number of rotatable bonds is 4. The molecule has 1 N–H and O–H groups in total. The van der Waals surface area contributed by atoms with Crippen LogP contribution in [0.1, 0.15) is 16.8 Å². The number of aromatic carboxylic acids is 1. The van der Waals surface area contributed by atoms with Crippen LogP contribution in [-0.4, -0.2) is 54.7 Å². The lowest BCUT2D eigenvalue weighted by Gasteiger charge is -2.23. The SMILES string of the molecule is CN1CCC(CN(C)c2ncccc2C(=O)O)C1. The zero-order chi connectivity index (χ0) is 13.1. The molecule has 1 aliphatic heterocycles. The van der Waals surface area contributed by atoms with Gasteiger partial charge in [0.2, 0.25) is 0 Å². The molecule has 0 saturated carbocycles. The highest BCUT2D eigenvalue weighted by Crippen LogP contribution is 2.20. The summed E-state index contributed by atoms with van der Waals surface area (Å²) < 4.78 is 0. The van der Waals surface area contributed by atoms with Crippen molar-refractivity contribution in [3.8, 4) is 0 Å². The van der Waals surface area contributed by atoms with Gasteiger partial charge in [-0.25, -0.2) is 9.78 Å². The maximum atomic E-state index is 11.1. The summed E-state index contributed by atoms with van der Waals surface area (Å²) in [5.74, 6) is 0.219. The van der Waals surface area contributed by atoms with Crippen LogP contribution in [0.4, 0.5) is 5.82 Å². The minimum Gasteiger partial charge on any atom is -0.478 e. The molecule has 18 heavy (non-hydrogen) atoms. The second-order valence-electron chi connectivity index (χ2n) is 4.98. The third-order valence-electron chi connectivity index (χ3n) is 3.40. The maximum Gasteiger partial charge on any atom is 0.339 e. The fraction of sp³-hybridized carbons (Fsp3) is 0.538. The number of likely N-dealkylation sites (tertiary alicyclic amines) is 1. The molecule has 1 aromatic heterocycles. The number of hydrogen-bond donors (Lipinski definition) is 1. The number of pyridine rings is 1.